The molecule has 0 fully saturated rings. The van der Waals surface area contributed by atoms with Crippen LogP contribution in [0.1, 0.15) is 5.56 Å². The van der Waals surface area contributed by atoms with Gasteiger partial charge in [0.05, 0.1) is 30.7 Å². The van der Waals surface area contributed by atoms with E-state index in [4.69, 9.17) is 21.6 Å². The molecule has 2 aromatic rings. The number of hydrogen-bond donors (Lipinski definition) is 3. The second-order valence-corrected chi connectivity index (χ2v) is 6.79. The van der Waals surface area contributed by atoms with Crippen LogP contribution in [0.15, 0.2) is 52.6 Å². The maximum atomic E-state index is 8.61. The van der Waals surface area contributed by atoms with Crippen molar-refractivity contribution < 1.29 is 4.74 Å². The van der Waals surface area contributed by atoms with E-state index in [-0.39, 0.29) is 5.84 Å². The van der Waals surface area contributed by atoms with E-state index in [9.17, 15) is 0 Å². The molecular formula is C20H25N7O. The molecule has 8 nitrogen and oxygen atoms in total. The summed E-state index contributed by atoms with van der Waals surface area (Å²) in [7, 11) is 5.44. The molecule has 0 unspecified atom stereocenters. The Labute approximate surface area is 164 Å². The molecule has 0 amide bonds. The van der Waals surface area contributed by atoms with Crippen LogP contribution >= 0.6 is 0 Å². The summed E-state index contributed by atoms with van der Waals surface area (Å²) in [5, 5.41) is 14.9. The van der Waals surface area contributed by atoms with Crippen molar-refractivity contribution in [3.63, 3.8) is 0 Å². The van der Waals surface area contributed by atoms with Crippen molar-refractivity contribution >= 4 is 34.3 Å². The summed E-state index contributed by atoms with van der Waals surface area (Å²) in [5.74, 6) is 0.723. The lowest BCUT2D eigenvalue weighted by Crippen LogP contribution is -2.30. The molecule has 3 rings (SSSR count). The van der Waals surface area contributed by atoms with Gasteiger partial charge >= 0.3 is 0 Å². The zero-order valence-electron chi connectivity index (χ0n) is 16.3. The third kappa shape index (κ3) is 4.12. The first kappa shape index (κ1) is 19.4. The molecule has 0 aliphatic carbocycles. The van der Waals surface area contributed by atoms with Crippen LogP contribution in [0.3, 0.4) is 0 Å². The standard InChI is InChI=1S/C20H25N7O/c1-26(2)12-17-19(24-16-10-18(28-3)15(22)9-14(16)21)20(23)27(25-17)11-13-7-5-4-6-8-13/h4-10,23H,11-12,21-22H2,1-3H3. The molecule has 0 aromatic heterocycles. The number of ether oxygens (including phenoxy) is 1. The van der Waals surface area contributed by atoms with Crippen molar-refractivity contribution in [2.45, 2.75) is 6.54 Å². The molecule has 8 heteroatoms. The van der Waals surface area contributed by atoms with Crippen LogP contribution in [0.25, 0.3) is 0 Å². The summed E-state index contributed by atoms with van der Waals surface area (Å²) < 4.78 is 5.27. The fourth-order valence-electron chi connectivity index (χ4n) is 2.89. The molecule has 1 aliphatic rings. The van der Waals surface area contributed by atoms with Crippen LogP contribution in [0.2, 0.25) is 0 Å². The number of benzene rings is 2. The summed E-state index contributed by atoms with van der Waals surface area (Å²) >= 11 is 0. The summed E-state index contributed by atoms with van der Waals surface area (Å²) in [6, 6.07) is 13.2. The fraction of sp³-hybridized carbons (Fsp3) is 0.250. The first-order valence-corrected chi connectivity index (χ1v) is 8.83. The van der Waals surface area contributed by atoms with E-state index in [2.05, 4.69) is 10.1 Å². The molecule has 0 radical (unpaired) electrons. The minimum atomic E-state index is 0.232. The average molecular weight is 379 g/mol. The fourth-order valence-corrected chi connectivity index (χ4v) is 2.89. The molecule has 0 saturated heterocycles. The predicted octanol–water partition coefficient (Wildman–Crippen LogP) is 2.34. The largest absolute Gasteiger partial charge is 0.495 e. The van der Waals surface area contributed by atoms with Gasteiger partial charge in [-0.25, -0.2) is 10.0 Å². The van der Waals surface area contributed by atoms with E-state index in [0.29, 0.717) is 47.3 Å². The number of nitrogens with two attached hydrogens (primary N) is 2. The highest BCUT2D eigenvalue weighted by atomic mass is 16.5. The van der Waals surface area contributed by atoms with E-state index in [1.165, 1.54) is 7.11 Å². The lowest BCUT2D eigenvalue weighted by Gasteiger charge is -2.14. The average Bonchev–Trinajstić information content (AvgIpc) is 2.92. The van der Waals surface area contributed by atoms with Gasteiger partial charge in [0, 0.05) is 12.6 Å². The van der Waals surface area contributed by atoms with E-state index >= 15 is 0 Å². The number of hydrazone groups is 1. The Morgan fingerprint density at radius 1 is 1.14 bits per heavy atom. The second kappa shape index (κ2) is 8.10. The summed E-state index contributed by atoms with van der Waals surface area (Å²) in [6.45, 7) is 1.05. The molecule has 5 N–H and O–H groups in total. The Hall–Kier alpha value is -3.39. The van der Waals surface area contributed by atoms with Crippen LogP contribution in [-0.2, 0) is 6.54 Å². The summed E-state index contributed by atoms with van der Waals surface area (Å²) in [6.07, 6.45) is 0. The Morgan fingerprint density at radius 2 is 1.86 bits per heavy atom. The van der Waals surface area contributed by atoms with Gasteiger partial charge < -0.3 is 21.1 Å². The van der Waals surface area contributed by atoms with Crippen molar-refractivity contribution in [2.75, 3.05) is 39.2 Å². The van der Waals surface area contributed by atoms with Gasteiger partial charge in [0.15, 0.2) is 5.84 Å². The molecule has 1 aliphatic heterocycles. The van der Waals surface area contributed by atoms with E-state index in [1.807, 2.05) is 49.3 Å². The summed E-state index contributed by atoms with van der Waals surface area (Å²) in [4.78, 5) is 6.63. The maximum absolute atomic E-state index is 8.61. The number of rotatable bonds is 6. The lowest BCUT2D eigenvalue weighted by atomic mass is 10.1. The van der Waals surface area contributed by atoms with Gasteiger partial charge in [-0.1, -0.05) is 30.3 Å². The van der Waals surface area contributed by atoms with Crippen molar-refractivity contribution in [1.82, 2.24) is 9.91 Å². The lowest BCUT2D eigenvalue weighted by molar-refractivity contribution is 0.417. The van der Waals surface area contributed by atoms with Gasteiger partial charge in [0.25, 0.3) is 0 Å². The van der Waals surface area contributed by atoms with Gasteiger partial charge in [-0.15, -0.1) is 0 Å². The van der Waals surface area contributed by atoms with Gasteiger partial charge in [0.2, 0.25) is 0 Å². The Morgan fingerprint density at radius 3 is 2.50 bits per heavy atom. The molecule has 1 heterocycles. The number of anilines is 2. The van der Waals surface area contributed by atoms with Crippen molar-refractivity contribution in [3.8, 4) is 5.75 Å². The number of amidine groups is 1. The van der Waals surface area contributed by atoms with Crippen molar-refractivity contribution in [1.29, 1.82) is 5.41 Å². The quantitative estimate of drug-likeness (QED) is 0.666. The SMILES string of the molecule is COc1cc(N=C2C(=N)N(Cc3ccccc3)N=C2CN(C)C)c(N)cc1N. The number of nitrogens with one attached hydrogen (secondary N) is 1. The van der Waals surface area contributed by atoms with Crippen molar-refractivity contribution in [3.05, 3.63) is 48.0 Å². The van der Waals surface area contributed by atoms with Crippen LogP contribution in [0.5, 0.6) is 5.75 Å². The molecule has 2 aromatic carbocycles. The van der Waals surface area contributed by atoms with Crippen molar-refractivity contribution in [2.24, 2.45) is 10.1 Å². The highest BCUT2D eigenvalue weighted by Gasteiger charge is 2.29. The third-order valence-corrected chi connectivity index (χ3v) is 4.25. The smallest absolute Gasteiger partial charge is 0.170 e. The molecule has 0 atom stereocenters. The highest BCUT2D eigenvalue weighted by molar-refractivity contribution is 6.70. The summed E-state index contributed by atoms with van der Waals surface area (Å²) in [5.41, 5.74) is 15.6. The van der Waals surface area contributed by atoms with E-state index in [1.54, 1.807) is 17.1 Å². The Bertz CT molecular complexity index is 935. The molecule has 28 heavy (non-hydrogen) atoms. The number of hydrogen-bond acceptors (Lipinski definition) is 7. The predicted molar refractivity (Wildman–Crippen MR) is 115 cm³/mol. The second-order valence-electron chi connectivity index (χ2n) is 6.79. The number of nitrogen functional groups attached to an aromatic ring is 2. The van der Waals surface area contributed by atoms with Crippen LogP contribution in [0.4, 0.5) is 17.1 Å². The van der Waals surface area contributed by atoms with Crippen LogP contribution < -0.4 is 16.2 Å². The first-order valence-electron chi connectivity index (χ1n) is 8.83. The van der Waals surface area contributed by atoms with Crippen LogP contribution in [-0.4, -0.2) is 54.9 Å². The highest BCUT2D eigenvalue weighted by Crippen LogP contribution is 2.33. The third-order valence-electron chi connectivity index (χ3n) is 4.25. The van der Waals surface area contributed by atoms with E-state index < -0.39 is 0 Å². The topological polar surface area (TPSA) is 116 Å². The van der Waals surface area contributed by atoms with Gasteiger partial charge in [-0.05, 0) is 25.7 Å². The molecule has 0 spiro atoms. The molecule has 0 saturated carbocycles. The zero-order chi connectivity index (χ0) is 20.3. The van der Waals surface area contributed by atoms with E-state index in [0.717, 1.165) is 5.56 Å². The number of methoxy groups -OCH3 is 1. The Balaban J connectivity index is 1.98. The number of aliphatic imine (C=N–C) groups is 1. The molecule has 0 bridgehead atoms. The monoisotopic (exact) mass is 379 g/mol. The zero-order valence-corrected chi connectivity index (χ0v) is 16.3. The van der Waals surface area contributed by atoms with Crippen LogP contribution in [0, 0.1) is 5.41 Å². The van der Waals surface area contributed by atoms with Gasteiger partial charge in [-0.3, -0.25) is 5.41 Å². The molecular weight excluding hydrogens is 354 g/mol. The maximum Gasteiger partial charge on any atom is 0.170 e. The minimum Gasteiger partial charge on any atom is -0.495 e. The normalized spacial score (nSPS) is 15.4. The van der Waals surface area contributed by atoms with Gasteiger partial charge in [-0.2, -0.15) is 5.10 Å². The minimum absolute atomic E-state index is 0.232. The first-order chi connectivity index (χ1) is 13.4. The molecule has 146 valence electrons. The Kier molecular flexibility index (Phi) is 5.60. The number of nitrogens with zero attached hydrogens (tertiary/aromatic N) is 4. The van der Waals surface area contributed by atoms with Gasteiger partial charge in [0.1, 0.15) is 17.2 Å².